The summed E-state index contributed by atoms with van der Waals surface area (Å²) in [6.45, 7) is 2.76. The molecule has 3 nitrogen and oxygen atoms in total. The zero-order valence-electron chi connectivity index (χ0n) is 7.76. The van der Waals surface area contributed by atoms with Gasteiger partial charge >= 0.3 is 5.97 Å². The van der Waals surface area contributed by atoms with E-state index in [0.717, 1.165) is 0 Å². The molecular weight excluding hydrogens is 256 g/mol. The van der Waals surface area contributed by atoms with Crippen molar-refractivity contribution in [2.75, 3.05) is 0 Å². The van der Waals surface area contributed by atoms with E-state index in [-0.39, 0.29) is 21.4 Å². The maximum absolute atomic E-state index is 12.4. The van der Waals surface area contributed by atoms with Crippen LogP contribution in [0.25, 0.3) is 0 Å². The van der Waals surface area contributed by atoms with E-state index in [1.54, 1.807) is 0 Å². The van der Waals surface area contributed by atoms with Gasteiger partial charge in [0, 0.05) is 0 Å². The van der Waals surface area contributed by atoms with Crippen molar-refractivity contribution in [1.29, 1.82) is 5.26 Å². The van der Waals surface area contributed by atoms with Crippen LogP contribution in [0.15, 0.2) is 24.5 Å². The second kappa shape index (κ2) is 4.97. The van der Waals surface area contributed by atoms with Gasteiger partial charge in [-0.3, -0.25) is 0 Å². The Hall–Kier alpha value is -1.57. The summed E-state index contributed by atoms with van der Waals surface area (Å²) in [5.41, 5.74) is 0.203. The lowest BCUT2D eigenvalue weighted by Crippen LogP contribution is -2.08. The van der Waals surface area contributed by atoms with Crippen molar-refractivity contribution >= 4 is 29.2 Å². The Balaban J connectivity index is 3.12. The number of benzene rings is 1. The molecular formula is C10H4Cl2FNO2. The first kappa shape index (κ1) is 12.5. The summed E-state index contributed by atoms with van der Waals surface area (Å²) < 4.78 is 16.9. The molecule has 0 spiro atoms. The van der Waals surface area contributed by atoms with Gasteiger partial charge in [-0.05, 0) is 12.1 Å². The van der Waals surface area contributed by atoms with Crippen LogP contribution >= 0.6 is 23.2 Å². The monoisotopic (exact) mass is 259 g/mol. The maximum atomic E-state index is 12.4. The third kappa shape index (κ3) is 2.72. The highest BCUT2D eigenvalue weighted by Crippen LogP contribution is 2.34. The van der Waals surface area contributed by atoms with Crippen LogP contribution < -0.4 is 4.74 Å². The Labute approximate surface area is 101 Å². The van der Waals surface area contributed by atoms with Crippen molar-refractivity contribution in [3.05, 3.63) is 40.1 Å². The fraction of sp³-hybridized carbons (Fsp3) is 0. The molecule has 0 aromatic heterocycles. The number of ether oxygens (including phenoxy) is 1. The average molecular weight is 260 g/mol. The zero-order chi connectivity index (χ0) is 12.3. The van der Waals surface area contributed by atoms with Gasteiger partial charge < -0.3 is 4.74 Å². The Morgan fingerprint density at radius 1 is 1.44 bits per heavy atom. The molecule has 16 heavy (non-hydrogen) atoms. The molecule has 0 bridgehead atoms. The summed E-state index contributed by atoms with van der Waals surface area (Å²) in [5.74, 6) is -2.75. The fourth-order valence-corrected chi connectivity index (χ4v) is 1.43. The van der Waals surface area contributed by atoms with Crippen LogP contribution in [-0.2, 0) is 4.79 Å². The Kier molecular flexibility index (Phi) is 3.88. The lowest BCUT2D eigenvalue weighted by Gasteiger charge is -2.06. The number of rotatable bonds is 2. The lowest BCUT2D eigenvalue weighted by molar-refractivity contribution is -0.131. The van der Waals surface area contributed by atoms with Crippen LogP contribution in [0.5, 0.6) is 5.75 Å². The van der Waals surface area contributed by atoms with Crippen molar-refractivity contribution in [2.24, 2.45) is 0 Å². The minimum absolute atomic E-state index is 0.0568. The number of halogens is 3. The minimum atomic E-state index is -1.28. The van der Waals surface area contributed by atoms with Crippen LogP contribution in [0, 0.1) is 11.3 Å². The van der Waals surface area contributed by atoms with Gasteiger partial charge in [0.25, 0.3) is 0 Å². The van der Waals surface area contributed by atoms with Gasteiger partial charge in [-0.2, -0.15) is 9.65 Å². The third-order valence-corrected chi connectivity index (χ3v) is 2.11. The van der Waals surface area contributed by atoms with Gasteiger partial charge in [-0.1, -0.05) is 29.8 Å². The Morgan fingerprint density at radius 3 is 2.31 bits per heavy atom. The molecule has 82 valence electrons. The van der Waals surface area contributed by atoms with Gasteiger partial charge in [0.2, 0.25) is 5.83 Å². The smallest absolute Gasteiger partial charge is 0.372 e. The van der Waals surface area contributed by atoms with Crippen molar-refractivity contribution < 1.29 is 13.9 Å². The second-order valence-corrected chi connectivity index (χ2v) is 3.49. The van der Waals surface area contributed by atoms with E-state index >= 15 is 0 Å². The molecule has 0 amide bonds. The first-order chi connectivity index (χ1) is 7.45. The highest BCUT2D eigenvalue weighted by Gasteiger charge is 2.16. The third-order valence-electron chi connectivity index (χ3n) is 1.54. The zero-order valence-corrected chi connectivity index (χ0v) is 9.27. The highest BCUT2D eigenvalue weighted by molar-refractivity contribution is 6.37. The molecule has 0 aliphatic rings. The molecule has 0 aliphatic heterocycles. The minimum Gasteiger partial charge on any atom is -0.418 e. The quantitative estimate of drug-likeness (QED) is 0.466. The summed E-state index contributed by atoms with van der Waals surface area (Å²) in [7, 11) is 0. The van der Waals surface area contributed by atoms with Crippen LogP contribution in [0.1, 0.15) is 5.56 Å². The summed E-state index contributed by atoms with van der Waals surface area (Å²) in [5, 5.41) is 8.48. The Bertz CT molecular complexity index is 485. The molecule has 6 heteroatoms. The van der Waals surface area contributed by atoms with Crippen LogP contribution in [-0.4, -0.2) is 5.97 Å². The first-order valence-corrected chi connectivity index (χ1v) is 4.67. The highest BCUT2D eigenvalue weighted by atomic mass is 35.5. The van der Waals surface area contributed by atoms with Gasteiger partial charge in [-0.25, -0.2) is 4.79 Å². The topological polar surface area (TPSA) is 50.1 Å². The standard InChI is InChI=1S/C10H4Cl2FNO2/c1-5(13)10(15)16-9-7(11)2-6(4-14)3-8(9)12/h2-3H,1H2. The lowest BCUT2D eigenvalue weighted by atomic mass is 10.2. The van der Waals surface area contributed by atoms with Crippen molar-refractivity contribution in [3.8, 4) is 11.8 Å². The van der Waals surface area contributed by atoms with E-state index in [2.05, 4.69) is 11.3 Å². The van der Waals surface area contributed by atoms with E-state index in [9.17, 15) is 9.18 Å². The molecule has 1 aromatic carbocycles. The molecule has 0 fully saturated rings. The normalized spacial score (nSPS) is 9.38. The van der Waals surface area contributed by atoms with E-state index < -0.39 is 11.8 Å². The number of carbonyl (C=O) groups is 1. The first-order valence-electron chi connectivity index (χ1n) is 3.91. The Morgan fingerprint density at radius 2 is 1.94 bits per heavy atom. The number of nitriles is 1. The van der Waals surface area contributed by atoms with E-state index in [0.29, 0.717) is 0 Å². The van der Waals surface area contributed by atoms with E-state index in [1.807, 2.05) is 6.07 Å². The largest absolute Gasteiger partial charge is 0.418 e. The summed E-state index contributed by atoms with van der Waals surface area (Å²) in [4.78, 5) is 10.9. The number of hydrogen-bond donors (Lipinski definition) is 0. The maximum Gasteiger partial charge on any atom is 0.372 e. The SMILES string of the molecule is C=C(F)C(=O)Oc1c(Cl)cc(C#N)cc1Cl. The predicted molar refractivity (Wildman–Crippen MR) is 57.1 cm³/mol. The van der Waals surface area contributed by atoms with Gasteiger partial charge in [0.05, 0.1) is 21.7 Å². The molecule has 0 N–H and O–H groups in total. The van der Waals surface area contributed by atoms with Crippen molar-refractivity contribution in [2.45, 2.75) is 0 Å². The summed E-state index contributed by atoms with van der Waals surface area (Å²) in [6, 6.07) is 4.31. The molecule has 0 atom stereocenters. The van der Waals surface area contributed by atoms with Crippen LogP contribution in [0.3, 0.4) is 0 Å². The number of carbonyl (C=O) groups excluding carboxylic acids is 1. The van der Waals surface area contributed by atoms with E-state index in [1.165, 1.54) is 12.1 Å². The molecule has 0 saturated heterocycles. The number of esters is 1. The number of hydrogen-bond acceptors (Lipinski definition) is 3. The molecule has 0 heterocycles. The van der Waals surface area contributed by atoms with E-state index in [4.69, 9.17) is 28.5 Å². The van der Waals surface area contributed by atoms with Gasteiger partial charge in [0.1, 0.15) is 0 Å². The summed E-state index contributed by atoms with van der Waals surface area (Å²) in [6.07, 6.45) is 0. The molecule has 1 rings (SSSR count). The molecule has 0 radical (unpaired) electrons. The summed E-state index contributed by atoms with van der Waals surface area (Å²) >= 11 is 11.4. The molecule has 1 aromatic rings. The molecule has 0 aliphatic carbocycles. The average Bonchev–Trinajstić information content (AvgIpc) is 2.22. The van der Waals surface area contributed by atoms with Crippen molar-refractivity contribution in [1.82, 2.24) is 0 Å². The number of nitrogens with zero attached hydrogens (tertiary/aromatic N) is 1. The van der Waals surface area contributed by atoms with Crippen LogP contribution in [0.4, 0.5) is 4.39 Å². The predicted octanol–water partition coefficient (Wildman–Crippen LogP) is 3.25. The van der Waals surface area contributed by atoms with Gasteiger partial charge in [-0.15, -0.1) is 0 Å². The van der Waals surface area contributed by atoms with Crippen molar-refractivity contribution in [3.63, 3.8) is 0 Å². The van der Waals surface area contributed by atoms with Crippen LogP contribution in [0.2, 0.25) is 10.0 Å². The fourth-order valence-electron chi connectivity index (χ4n) is 0.870. The van der Waals surface area contributed by atoms with Gasteiger partial charge in [0.15, 0.2) is 5.75 Å². The second-order valence-electron chi connectivity index (χ2n) is 2.68. The molecule has 0 unspecified atom stereocenters. The molecule has 0 saturated carbocycles.